The summed E-state index contributed by atoms with van der Waals surface area (Å²) in [5, 5.41) is 15.4. The van der Waals surface area contributed by atoms with Gasteiger partial charge in [0.05, 0.1) is 11.1 Å². The minimum Gasteiger partial charge on any atom is -0.390 e. The summed E-state index contributed by atoms with van der Waals surface area (Å²) in [5.74, 6) is 1.80. The summed E-state index contributed by atoms with van der Waals surface area (Å²) < 4.78 is 0. The maximum atomic E-state index is 11.1. The molecule has 4 fully saturated rings. The van der Waals surface area contributed by atoms with E-state index in [1.165, 1.54) is 29.5 Å². The van der Waals surface area contributed by atoms with Gasteiger partial charge in [-0.2, -0.15) is 0 Å². The molecule has 0 aliphatic heterocycles. The van der Waals surface area contributed by atoms with E-state index >= 15 is 0 Å². The topological polar surface area (TPSA) is 32.3 Å². The van der Waals surface area contributed by atoms with E-state index in [2.05, 4.69) is 96.3 Å². The van der Waals surface area contributed by atoms with E-state index in [1.54, 1.807) is 0 Å². The molecule has 2 heteroatoms. The molecule has 158 valence electrons. The number of nitrogens with one attached hydrogen (secondary N) is 1. The van der Waals surface area contributed by atoms with Crippen LogP contribution in [0.3, 0.4) is 0 Å². The molecule has 2 nitrogen and oxygen atoms in total. The summed E-state index contributed by atoms with van der Waals surface area (Å²) in [6.45, 7) is 0. The molecule has 0 radical (unpaired) electrons. The second-order valence-electron chi connectivity index (χ2n) is 10.2. The first kappa shape index (κ1) is 19.3. The minimum absolute atomic E-state index is 0.410. The summed E-state index contributed by atoms with van der Waals surface area (Å²) in [5.41, 5.74) is 3.01. The molecule has 7 rings (SSSR count). The van der Waals surface area contributed by atoms with E-state index in [0.29, 0.717) is 23.8 Å². The van der Waals surface area contributed by atoms with Gasteiger partial charge < -0.3 is 5.11 Å². The van der Waals surface area contributed by atoms with Gasteiger partial charge in [0.2, 0.25) is 0 Å². The lowest BCUT2D eigenvalue weighted by molar-refractivity contribution is -0.141. The Kier molecular flexibility index (Phi) is 4.55. The van der Waals surface area contributed by atoms with Crippen LogP contribution in [0, 0.1) is 17.8 Å². The zero-order valence-electron chi connectivity index (χ0n) is 18.0. The fourth-order valence-corrected chi connectivity index (χ4v) is 7.28. The number of rotatable bonds is 5. The van der Waals surface area contributed by atoms with Gasteiger partial charge >= 0.3 is 0 Å². The molecule has 2 atom stereocenters. The molecule has 3 aromatic carbocycles. The van der Waals surface area contributed by atoms with Gasteiger partial charge in [-0.15, -0.1) is 0 Å². The molecule has 0 amide bonds. The van der Waals surface area contributed by atoms with Crippen molar-refractivity contribution in [2.24, 2.45) is 17.8 Å². The number of hydrogen-bond donors (Lipinski definition) is 2. The zero-order valence-corrected chi connectivity index (χ0v) is 18.0. The number of benzene rings is 3. The van der Waals surface area contributed by atoms with Crippen LogP contribution in [0.2, 0.25) is 0 Å². The zero-order chi connectivity index (χ0) is 20.9. The molecule has 4 saturated carbocycles. The summed E-state index contributed by atoms with van der Waals surface area (Å²) in [7, 11) is 0. The first-order valence-electron chi connectivity index (χ1n) is 11.8. The molecular weight excluding hydrogens is 378 g/mol. The average Bonchev–Trinajstić information content (AvgIpc) is 2.80. The van der Waals surface area contributed by atoms with Crippen LogP contribution in [0.25, 0.3) is 0 Å². The molecule has 2 unspecified atom stereocenters. The lowest BCUT2D eigenvalue weighted by Crippen LogP contribution is -2.64. The Balaban J connectivity index is 1.51. The molecule has 0 spiro atoms. The molecule has 3 aromatic rings. The van der Waals surface area contributed by atoms with Gasteiger partial charge in [-0.3, -0.25) is 5.32 Å². The lowest BCUT2D eigenvalue weighted by atomic mass is 9.52. The average molecular weight is 410 g/mol. The Morgan fingerprint density at radius 1 is 0.645 bits per heavy atom. The number of aliphatic hydroxyl groups is 1. The third kappa shape index (κ3) is 3.16. The summed E-state index contributed by atoms with van der Waals surface area (Å²) in [6.07, 6.45) is 5.43. The van der Waals surface area contributed by atoms with Crippen molar-refractivity contribution < 1.29 is 5.11 Å². The molecule has 0 heterocycles. The van der Waals surface area contributed by atoms with Crippen molar-refractivity contribution in [2.45, 2.75) is 49.3 Å². The fraction of sp³-hybridized carbons (Fsp3) is 0.379. The molecule has 4 aliphatic rings. The van der Waals surface area contributed by atoms with E-state index < -0.39 is 11.1 Å². The third-order valence-corrected chi connectivity index (χ3v) is 8.24. The van der Waals surface area contributed by atoms with Gasteiger partial charge in [0, 0.05) is 6.04 Å². The largest absolute Gasteiger partial charge is 0.390 e. The van der Waals surface area contributed by atoms with Crippen LogP contribution in [0.15, 0.2) is 91.0 Å². The van der Waals surface area contributed by atoms with Crippen molar-refractivity contribution in [1.82, 2.24) is 5.32 Å². The van der Waals surface area contributed by atoms with Crippen LogP contribution >= 0.6 is 0 Å². The van der Waals surface area contributed by atoms with Crippen LogP contribution in [-0.2, 0) is 5.54 Å². The molecule has 2 N–H and O–H groups in total. The highest BCUT2D eigenvalue weighted by Crippen LogP contribution is 2.56. The Labute approximate surface area is 185 Å². The Morgan fingerprint density at radius 3 is 1.45 bits per heavy atom. The summed E-state index contributed by atoms with van der Waals surface area (Å²) in [6, 6.07) is 33.2. The van der Waals surface area contributed by atoms with E-state index in [1.807, 2.05) is 0 Å². The van der Waals surface area contributed by atoms with Crippen LogP contribution in [0.4, 0.5) is 0 Å². The van der Waals surface area contributed by atoms with E-state index in [4.69, 9.17) is 0 Å². The van der Waals surface area contributed by atoms with Crippen LogP contribution < -0.4 is 5.32 Å². The standard InChI is InChI=1S/C29H31NO/c31-28-18-21-16-22(19-28)27(23(17-21)20-28)30-29(24-10-4-1-5-11-24,25-12-6-2-7-13-25)26-14-8-3-9-15-26/h1-15,21-23,27,30-31H,16-20H2. The van der Waals surface area contributed by atoms with Gasteiger partial charge in [0.25, 0.3) is 0 Å². The second kappa shape index (κ2) is 7.32. The Bertz CT molecular complexity index is 919. The molecule has 4 aliphatic carbocycles. The quantitative estimate of drug-likeness (QED) is 0.545. The Morgan fingerprint density at radius 2 is 1.06 bits per heavy atom. The number of hydrogen-bond acceptors (Lipinski definition) is 2. The third-order valence-electron chi connectivity index (χ3n) is 8.24. The highest BCUT2D eigenvalue weighted by molar-refractivity contribution is 5.49. The van der Waals surface area contributed by atoms with Crippen molar-refractivity contribution in [2.75, 3.05) is 0 Å². The SMILES string of the molecule is OC12CC3CC(C1)C(NC(c1ccccc1)(c1ccccc1)c1ccccc1)C(C3)C2. The normalized spacial score (nSPS) is 31.6. The first-order valence-corrected chi connectivity index (χ1v) is 11.8. The molecule has 0 aromatic heterocycles. The van der Waals surface area contributed by atoms with Crippen LogP contribution in [0.5, 0.6) is 0 Å². The summed E-state index contributed by atoms with van der Waals surface area (Å²) >= 11 is 0. The van der Waals surface area contributed by atoms with Gasteiger partial charge in [-0.25, -0.2) is 0 Å². The monoisotopic (exact) mass is 409 g/mol. The molecular formula is C29H31NO. The van der Waals surface area contributed by atoms with Gasteiger partial charge in [-0.05, 0) is 66.5 Å². The van der Waals surface area contributed by atoms with Crippen molar-refractivity contribution in [3.63, 3.8) is 0 Å². The van der Waals surface area contributed by atoms with Gasteiger partial charge in [0.15, 0.2) is 0 Å². The maximum absolute atomic E-state index is 11.1. The van der Waals surface area contributed by atoms with Gasteiger partial charge in [-0.1, -0.05) is 91.0 Å². The highest BCUT2D eigenvalue weighted by Gasteiger charge is 2.56. The molecule has 4 bridgehead atoms. The predicted molar refractivity (Wildman–Crippen MR) is 125 cm³/mol. The van der Waals surface area contributed by atoms with Crippen molar-refractivity contribution in [3.05, 3.63) is 108 Å². The molecule has 0 saturated heterocycles. The smallest absolute Gasteiger partial charge is 0.0950 e. The Hall–Kier alpha value is -2.42. The highest BCUT2D eigenvalue weighted by atomic mass is 16.3. The van der Waals surface area contributed by atoms with Crippen molar-refractivity contribution >= 4 is 0 Å². The second-order valence-corrected chi connectivity index (χ2v) is 10.2. The van der Waals surface area contributed by atoms with E-state index in [-0.39, 0.29) is 0 Å². The molecule has 31 heavy (non-hydrogen) atoms. The van der Waals surface area contributed by atoms with E-state index in [0.717, 1.165) is 19.3 Å². The van der Waals surface area contributed by atoms with Crippen LogP contribution in [0.1, 0.15) is 48.8 Å². The first-order chi connectivity index (χ1) is 15.2. The maximum Gasteiger partial charge on any atom is 0.0950 e. The minimum atomic E-state index is -0.413. The van der Waals surface area contributed by atoms with Crippen molar-refractivity contribution in [3.8, 4) is 0 Å². The van der Waals surface area contributed by atoms with E-state index in [9.17, 15) is 5.11 Å². The van der Waals surface area contributed by atoms with Crippen molar-refractivity contribution in [1.29, 1.82) is 0 Å². The fourth-order valence-electron chi connectivity index (χ4n) is 7.28. The lowest BCUT2D eigenvalue weighted by Gasteiger charge is -2.59. The van der Waals surface area contributed by atoms with Gasteiger partial charge in [0.1, 0.15) is 0 Å². The van der Waals surface area contributed by atoms with Crippen LogP contribution in [-0.4, -0.2) is 16.7 Å². The predicted octanol–water partition coefficient (Wildman–Crippen LogP) is 5.51. The summed E-state index contributed by atoms with van der Waals surface area (Å²) in [4.78, 5) is 0.